The van der Waals surface area contributed by atoms with Crippen LogP contribution >= 0.6 is 0 Å². The molecular formula is C13H20N4+2. The third-order valence-electron chi connectivity index (χ3n) is 2.27. The van der Waals surface area contributed by atoms with Gasteiger partial charge in [-0.1, -0.05) is 22.9 Å². The standard InChI is InChI=1S/C13H20N4/c1-11(2)15-13(17(5)14-3)16(4)12-9-7-6-8-10-12/h6-10,14H,4H2,1-3,5H3/q+2. The zero-order valence-electron chi connectivity index (χ0n) is 10.9. The van der Waals surface area contributed by atoms with Crippen LogP contribution in [0.4, 0.5) is 5.69 Å². The number of rotatable bonds is 2. The summed E-state index contributed by atoms with van der Waals surface area (Å²) >= 11 is 0. The number of para-hydroxylation sites is 1. The van der Waals surface area contributed by atoms with Crippen molar-refractivity contribution >= 4 is 24.1 Å². The van der Waals surface area contributed by atoms with E-state index in [1.807, 2.05) is 63.0 Å². The van der Waals surface area contributed by atoms with Gasteiger partial charge in [0.2, 0.25) is 0 Å². The molecule has 0 atom stereocenters. The number of hydrogen-bond acceptors (Lipinski definition) is 1. The lowest BCUT2D eigenvalue weighted by atomic mass is 10.3. The summed E-state index contributed by atoms with van der Waals surface area (Å²) in [6.07, 6.45) is 0. The largest absolute Gasteiger partial charge is 0.606 e. The number of aliphatic imine (C=N–C) groups is 1. The quantitative estimate of drug-likeness (QED) is 0.357. The molecule has 0 bridgehead atoms. The van der Waals surface area contributed by atoms with Crippen LogP contribution in [0, 0.1) is 0 Å². The van der Waals surface area contributed by atoms with E-state index < -0.39 is 0 Å². The molecule has 0 fully saturated rings. The molecule has 0 saturated heterocycles. The molecule has 1 aromatic rings. The van der Waals surface area contributed by atoms with Crippen molar-refractivity contribution in [3.8, 4) is 0 Å². The molecule has 90 valence electrons. The molecule has 4 heteroatoms. The minimum Gasteiger partial charge on any atom is -0.237 e. The molecule has 1 N–H and O–H groups in total. The maximum absolute atomic E-state index is 4.48. The van der Waals surface area contributed by atoms with Crippen molar-refractivity contribution in [2.24, 2.45) is 4.99 Å². The summed E-state index contributed by atoms with van der Waals surface area (Å²) in [6, 6.07) is 9.93. The SMILES string of the molecule is C=[N+](C(N=C(C)C)=[N+](C)NC)c1ccccc1. The van der Waals surface area contributed by atoms with Crippen LogP contribution in [0.25, 0.3) is 0 Å². The van der Waals surface area contributed by atoms with Crippen LogP contribution in [0.5, 0.6) is 0 Å². The zero-order chi connectivity index (χ0) is 12.8. The average Bonchev–Trinajstić information content (AvgIpc) is 2.35. The Hall–Kier alpha value is -1.97. The number of nitrogens with zero attached hydrogens (tertiary/aromatic N) is 3. The van der Waals surface area contributed by atoms with E-state index in [1.165, 1.54) is 0 Å². The van der Waals surface area contributed by atoms with Gasteiger partial charge in [0.25, 0.3) is 0 Å². The Morgan fingerprint density at radius 3 is 2.29 bits per heavy atom. The first-order valence-electron chi connectivity index (χ1n) is 5.52. The summed E-state index contributed by atoms with van der Waals surface area (Å²) in [5.41, 5.74) is 5.00. The first-order valence-corrected chi connectivity index (χ1v) is 5.52. The van der Waals surface area contributed by atoms with Gasteiger partial charge in [0.15, 0.2) is 11.4 Å². The molecule has 0 aliphatic carbocycles. The van der Waals surface area contributed by atoms with E-state index in [4.69, 9.17) is 0 Å². The van der Waals surface area contributed by atoms with Crippen LogP contribution in [0.15, 0.2) is 35.3 Å². The molecule has 0 saturated carbocycles. The normalized spacial score (nSPS) is 11.5. The van der Waals surface area contributed by atoms with Crippen molar-refractivity contribution in [2.45, 2.75) is 13.8 Å². The monoisotopic (exact) mass is 232 g/mol. The van der Waals surface area contributed by atoms with Crippen LogP contribution in [-0.4, -0.2) is 41.7 Å². The highest BCUT2D eigenvalue weighted by Gasteiger charge is 2.26. The molecule has 0 spiro atoms. The molecular weight excluding hydrogens is 212 g/mol. The predicted octanol–water partition coefficient (Wildman–Crippen LogP) is 1.64. The van der Waals surface area contributed by atoms with Gasteiger partial charge in [0, 0.05) is 20.9 Å². The van der Waals surface area contributed by atoms with E-state index in [1.54, 1.807) is 4.58 Å². The number of hydrogen-bond donors (Lipinski definition) is 1. The van der Waals surface area contributed by atoms with E-state index in [0.29, 0.717) is 0 Å². The Kier molecular flexibility index (Phi) is 4.57. The van der Waals surface area contributed by atoms with Crippen LogP contribution < -0.4 is 5.43 Å². The average molecular weight is 232 g/mol. The summed E-state index contributed by atoms with van der Waals surface area (Å²) in [7, 11) is 3.75. The van der Waals surface area contributed by atoms with Gasteiger partial charge in [-0.2, -0.15) is 0 Å². The molecule has 0 heterocycles. The van der Waals surface area contributed by atoms with E-state index in [2.05, 4.69) is 17.1 Å². The predicted molar refractivity (Wildman–Crippen MR) is 72.5 cm³/mol. The maximum atomic E-state index is 4.48. The van der Waals surface area contributed by atoms with Crippen molar-refractivity contribution in [3.63, 3.8) is 0 Å². The van der Waals surface area contributed by atoms with Crippen molar-refractivity contribution in [1.82, 2.24) is 5.43 Å². The fourth-order valence-corrected chi connectivity index (χ4v) is 1.34. The number of guanidine groups is 1. The number of benzene rings is 1. The number of hydrazone groups is 1. The number of nitrogens with one attached hydrogen (secondary N) is 1. The highest BCUT2D eigenvalue weighted by atomic mass is 15.5. The fourth-order valence-electron chi connectivity index (χ4n) is 1.34. The minimum atomic E-state index is 0.749. The summed E-state index contributed by atoms with van der Waals surface area (Å²) in [5, 5.41) is 0. The molecule has 1 aromatic carbocycles. The molecule has 0 aliphatic heterocycles. The van der Waals surface area contributed by atoms with Gasteiger partial charge in [-0.15, -0.1) is 4.58 Å². The molecule has 4 nitrogen and oxygen atoms in total. The fraction of sp³-hybridized carbons (Fsp3) is 0.308. The third kappa shape index (κ3) is 3.52. The van der Waals surface area contributed by atoms with Crippen LogP contribution in [0.1, 0.15) is 13.8 Å². The molecule has 0 aromatic heterocycles. The van der Waals surface area contributed by atoms with E-state index in [-0.39, 0.29) is 0 Å². The van der Waals surface area contributed by atoms with Gasteiger partial charge < -0.3 is 0 Å². The van der Waals surface area contributed by atoms with Gasteiger partial charge >= 0.3 is 5.96 Å². The maximum Gasteiger partial charge on any atom is 0.606 e. The zero-order valence-corrected chi connectivity index (χ0v) is 10.9. The second kappa shape index (κ2) is 5.94. The van der Waals surface area contributed by atoms with Crippen LogP contribution in [0.3, 0.4) is 0 Å². The summed E-state index contributed by atoms with van der Waals surface area (Å²) in [5.74, 6) is 0.749. The van der Waals surface area contributed by atoms with Gasteiger partial charge in [0.05, 0.1) is 11.7 Å². The van der Waals surface area contributed by atoms with Crippen molar-refractivity contribution < 1.29 is 9.26 Å². The van der Waals surface area contributed by atoms with Gasteiger partial charge in [-0.25, -0.2) is 5.43 Å². The second-order valence-electron chi connectivity index (χ2n) is 3.91. The molecule has 0 aliphatic rings. The smallest absolute Gasteiger partial charge is 0.237 e. The van der Waals surface area contributed by atoms with E-state index in [9.17, 15) is 0 Å². The summed E-state index contributed by atoms with van der Waals surface area (Å²) in [6.45, 7) is 7.96. The Balaban J connectivity index is 3.18. The third-order valence-corrected chi connectivity index (χ3v) is 2.27. The van der Waals surface area contributed by atoms with Crippen molar-refractivity contribution in [1.29, 1.82) is 0 Å². The van der Waals surface area contributed by atoms with Gasteiger partial charge in [-0.3, -0.25) is 0 Å². The second-order valence-corrected chi connectivity index (χ2v) is 3.91. The van der Waals surface area contributed by atoms with E-state index in [0.717, 1.165) is 17.4 Å². The Labute approximate surface area is 103 Å². The van der Waals surface area contributed by atoms with Gasteiger partial charge in [-0.05, 0) is 12.1 Å². The highest BCUT2D eigenvalue weighted by molar-refractivity contribution is 5.90. The minimum absolute atomic E-state index is 0.749. The Bertz CT molecular complexity index is 454. The molecule has 0 radical (unpaired) electrons. The van der Waals surface area contributed by atoms with E-state index >= 15 is 0 Å². The van der Waals surface area contributed by atoms with Crippen LogP contribution in [0.2, 0.25) is 0 Å². The Morgan fingerprint density at radius 2 is 1.82 bits per heavy atom. The van der Waals surface area contributed by atoms with Crippen molar-refractivity contribution in [2.75, 3.05) is 14.1 Å². The van der Waals surface area contributed by atoms with Gasteiger partial charge in [0.1, 0.15) is 7.05 Å². The first-order chi connectivity index (χ1) is 8.06. The summed E-state index contributed by atoms with van der Waals surface area (Å²) in [4.78, 5) is 4.48. The molecule has 0 unspecified atom stereocenters. The lowest BCUT2D eigenvalue weighted by Gasteiger charge is -1.99. The van der Waals surface area contributed by atoms with Crippen LogP contribution in [-0.2, 0) is 0 Å². The lowest BCUT2D eigenvalue weighted by molar-refractivity contribution is -0.591. The van der Waals surface area contributed by atoms with Crippen molar-refractivity contribution in [3.05, 3.63) is 30.3 Å². The molecule has 17 heavy (non-hydrogen) atoms. The Morgan fingerprint density at radius 1 is 1.24 bits per heavy atom. The molecule has 1 rings (SSSR count). The lowest BCUT2D eigenvalue weighted by Crippen LogP contribution is -2.32. The summed E-state index contributed by atoms with van der Waals surface area (Å²) < 4.78 is 3.62. The topological polar surface area (TPSA) is 30.4 Å². The number of hydrazine groups is 1. The molecule has 0 amide bonds. The highest BCUT2D eigenvalue weighted by Crippen LogP contribution is 2.10. The first kappa shape index (κ1) is 13.1.